The summed E-state index contributed by atoms with van der Waals surface area (Å²) in [6.07, 6.45) is 5.85. The summed E-state index contributed by atoms with van der Waals surface area (Å²) in [6, 6.07) is 0.429. The SMILES string of the molecule is CN1CCCCC1CC(=O)N1CCN(c2ncn[nH]2)CC1. The molecule has 7 nitrogen and oxygen atoms in total. The van der Waals surface area contributed by atoms with Gasteiger partial charge in [0.1, 0.15) is 6.33 Å². The maximum atomic E-state index is 12.5. The summed E-state index contributed by atoms with van der Waals surface area (Å²) in [4.78, 5) is 23.1. The van der Waals surface area contributed by atoms with Crippen LogP contribution in [0.5, 0.6) is 0 Å². The fourth-order valence-electron chi connectivity index (χ4n) is 3.25. The molecule has 21 heavy (non-hydrogen) atoms. The zero-order chi connectivity index (χ0) is 14.7. The van der Waals surface area contributed by atoms with E-state index < -0.39 is 0 Å². The minimum Gasteiger partial charge on any atom is -0.339 e. The Labute approximate surface area is 125 Å². The number of hydrogen-bond acceptors (Lipinski definition) is 5. The van der Waals surface area contributed by atoms with E-state index in [1.54, 1.807) is 0 Å². The van der Waals surface area contributed by atoms with Crippen molar-refractivity contribution in [1.29, 1.82) is 0 Å². The van der Waals surface area contributed by atoms with E-state index in [9.17, 15) is 4.79 Å². The van der Waals surface area contributed by atoms with E-state index in [0.717, 1.165) is 45.1 Å². The third-order valence-corrected chi connectivity index (χ3v) is 4.67. The summed E-state index contributed by atoms with van der Waals surface area (Å²) in [7, 11) is 2.14. The van der Waals surface area contributed by atoms with Gasteiger partial charge in [-0.1, -0.05) is 6.42 Å². The molecule has 0 aliphatic carbocycles. The monoisotopic (exact) mass is 292 g/mol. The maximum absolute atomic E-state index is 12.5. The Hall–Kier alpha value is -1.63. The standard InChI is InChI=1S/C14H24N6O/c1-18-5-3-2-4-12(18)10-13(21)19-6-8-20(9-7-19)14-15-11-16-17-14/h11-12H,2-10H2,1H3,(H,15,16,17). The Kier molecular flexibility index (Phi) is 4.38. The summed E-state index contributed by atoms with van der Waals surface area (Å²) in [5.41, 5.74) is 0. The highest BCUT2D eigenvalue weighted by Gasteiger charge is 2.27. The lowest BCUT2D eigenvalue weighted by molar-refractivity contribution is -0.133. The molecule has 0 aromatic carbocycles. The summed E-state index contributed by atoms with van der Waals surface area (Å²) < 4.78 is 0. The first-order chi connectivity index (χ1) is 10.2. The maximum Gasteiger partial charge on any atom is 0.224 e. The van der Waals surface area contributed by atoms with Crippen molar-refractivity contribution in [3.05, 3.63) is 6.33 Å². The highest BCUT2D eigenvalue weighted by molar-refractivity contribution is 5.77. The molecule has 2 aliphatic heterocycles. The van der Waals surface area contributed by atoms with Gasteiger partial charge in [0.15, 0.2) is 0 Å². The lowest BCUT2D eigenvalue weighted by Gasteiger charge is -2.37. The smallest absolute Gasteiger partial charge is 0.224 e. The molecule has 1 amide bonds. The molecule has 0 saturated carbocycles. The molecule has 0 bridgehead atoms. The number of hydrogen-bond donors (Lipinski definition) is 1. The molecule has 0 radical (unpaired) electrons. The van der Waals surface area contributed by atoms with Crippen LogP contribution < -0.4 is 4.90 Å². The normalized spacial score (nSPS) is 24.3. The molecule has 7 heteroatoms. The molecule has 1 unspecified atom stereocenters. The van der Waals surface area contributed by atoms with Gasteiger partial charge in [0.25, 0.3) is 0 Å². The summed E-state index contributed by atoms with van der Waals surface area (Å²) >= 11 is 0. The number of H-pyrrole nitrogens is 1. The lowest BCUT2D eigenvalue weighted by Crippen LogP contribution is -2.50. The predicted molar refractivity (Wildman–Crippen MR) is 80.1 cm³/mol. The fraction of sp³-hybridized carbons (Fsp3) is 0.786. The lowest BCUT2D eigenvalue weighted by atomic mass is 9.99. The molecule has 1 N–H and O–H groups in total. The fourth-order valence-corrected chi connectivity index (χ4v) is 3.25. The molecule has 3 rings (SSSR count). The second kappa shape index (κ2) is 6.43. The minimum absolute atomic E-state index is 0.297. The molecular weight excluding hydrogens is 268 g/mol. The Morgan fingerprint density at radius 1 is 1.29 bits per heavy atom. The van der Waals surface area contributed by atoms with Gasteiger partial charge in [-0.15, -0.1) is 0 Å². The Morgan fingerprint density at radius 2 is 2.10 bits per heavy atom. The molecular formula is C14H24N6O. The zero-order valence-corrected chi connectivity index (χ0v) is 12.7. The second-order valence-electron chi connectivity index (χ2n) is 6.01. The van der Waals surface area contributed by atoms with Crippen LogP contribution in [-0.4, -0.2) is 76.7 Å². The number of rotatable bonds is 3. The van der Waals surface area contributed by atoms with E-state index >= 15 is 0 Å². The van der Waals surface area contributed by atoms with Crippen molar-refractivity contribution in [3.63, 3.8) is 0 Å². The van der Waals surface area contributed by atoms with E-state index in [4.69, 9.17) is 0 Å². The first kappa shape index (κ1) is 14.3. The molecule has 1 aromatic rings. The quantitative estimate of drug-likeness (QED) is 0.869. The summed E-state index contributed by atoms with van der Waals surface area (Å²) in [6.45, 7) is 4.31. The average Bonchev–Trinajstić information content (AvgIpc) is 3.04. The van der Waals surface area contributed by atoms with Gasteiger partial charge >= 0.3 is 0 Å². The molecule has 2 fully saturated rings. The van der Waals surface area contributed by atoms with Crippen molar-refractivity contribution in [2.24, 2.45) is 0 Å². The first-order valence-electron chi connectivity index (χ1n) is 7.82. The Bertz CT molecular complexity index is 454. The number of piperidine rings is 1. The second-order valence-corrected chi connectivity index (χ2v) is 6.01. The van der Waals surface area contributed by atoms with Crippen molar-refractivity contribution < 1.29 is 4.79 Å². The number of nitrogens with zero attached hydrogens (tertiary/aromatic N) is 5. The molecule has 0 spiro atoms. The molecule has 2 saturated heterocycles. The van der Waals surface area contributed by atoms with Crippen molar-refractivity contribution in [1.82, 2.24) is 25.0 Å². The Morgan fingerprint density at radius 3 is 2.76 bits per heavy atom. The number of piperazine rings is 1. The number of nitrogens with one attached hydrogen (secondary N) is 1. The number of amides is 1. The summed E-state index contributed by atoms with van der Waals surface area (Å²) in [5, 5.41) is 6.75. The van der Waals surface area contributed by atoms with Gasteiger partial charge in [0, 0.05) is 38.6 Å². The highest BCUT2D eigenvalue weighted by Crippen LogP contribution is 2.19. The van der Waals surface area contributed by atoms with Crippen molar-refractivity contribution in [2.75, 3.05) is 44.7 Å². The average molecular weight is 292 g/mol. The van der Waals surface area contributed by atoms with Gasteiger partial charge in [0.05, 0.1) is 0 Å². The third kappa shape index (κ3) is 3.34. The van der Waals surface area contributed by atoms with Crippen molar-refractivity contribution in [2.45, 2.75) is 31.7 Å². The van der Waals surface area contributed by atoms with E-state index in [0.29, 0.717) is 18.4 Å². The zero-order valence-electron chi connectivity index (χ0n) is 12.7. The van der Waals surface area contributed by atoms with Gasteiger partial charge in [-0.25, -0.2) is 5.10 Å². The minimum atomic E-state index is 0.297. The number of likely N-dealkylation sites (tertiary alicyclic amines) is 1. The molecule has 2 aliphatic rings. The largest absolute Gasteiger partial charge is 0.339 e. The van der Waals surface area contributed by atoms with Crippen molar-refractivity contribution >= 4 is 11.9 Å². The first-order valence-corrected chi connectivity index (χ1v) is 7.82. The van der Waals surface area contributed by atoms with Crippen LogP contribution in [0, 0.1) is 0 Å². The molecule has 3 heterocycles. The molecule has 116 valence electrons. The third-order valence-electron chi connectivity index (χ3n) is 4.67. The number of carbonyl (C=O) groups excluding carboxylic acids is 1. The van der Waals surface area contributed by atoms with Gasteiger partial charge in [-0.2, -0.15) is 10.1 Å². The summed E-state index contributed by atoms with van der Waals surface area (Å²) in [5.74, 6) is 1.10. The van der Waals surface area contributed by atoms with Gasteiger partial charge in [-0.05, 0) is 26.4 Å². The van der Waals surface area contributed by atoms with Crippen LogP contribution in [0.25, 0.3) is 0 Å². The molecule has 1 atom stereocenters. The number of anilines is 1. The number of aromatic amines is 1. The van der Waals surface area contributed by atoms with Crippen LogP contribution in [0.3, 0.4) is 0 Å². The van der Waals surface area contributed by atoms with E-state index in [1.165, 1.54) is 19.2 Å². The van der Waals surface area contributed by atoms with Crippen LogP contribution in [0.2, 0.25) is 0 Å². The van der Waals surface area contributed by atoms with Crippen LogP contribution in [0.1, 0.15) is 25.7 Å². The van der Waals surface area contributed by atoms with E-state index in [-0.39, 0.29) is 0 Å². The van der Waals surface area contributed by atoms with Crippen LogP contribution in [0.4, 0.5) is 5.95 Å². The van der Waals surface area contributed by atoms with Crippen LogP contribution >= 0.6 is 0 Å². The topological polar surface area (TPSA) is 68.4 Å². The van der Waals surface area contributed by atoms with Gasteiger partial charge in [-0.3, -0.25) is 4.79 Å². The number of aromatic nitrogens is 3. The van der Waals surface area contributed by atoms with Gasteiger partial charge in [0.2, 0.25) is 11.9 Å². The molecule has 1 aromatic heterocycles. The highest BCUT2D eigenvalue weighted by atomic mass is 16.2. The van der Waals surface area contributed by atoms with E-state index in [1.807, 2.05) is 4.90 Å². The predicted octanol–water partition coefficient (Wildman–Crippen LogP) is 0.328. The van der Waals surface area contributed by atoms with Crippen molar-refractivity contribution in [3.8, 4) is 0 Å². The van der Waals surface area contributed by atoms with Crippen LogP contribution in [-0.2, 0) is 4.79 Å². The Balaban J connectivity index is 1.48. The van der Waals surface area contributed by atoms with E-state index in [2.05, 4.69) is 32.0 Å². The van der Waals surface area contributed by atoms with Gasteiger partial charge < -0.3 is 14.7 Å². The van der Waals surface area contributed by atoms with Crippen LogP contribution in [0.15, 0.2) is 6.33 Å². The number of carbonyl (C=O) groups is 1.